The Kier molecular flexibility index (Phi) is 8.85. The minimum Gasteiger partial charge on any atom is -0.379 e. The van der Waals surface area contributed by atoms with Gasteiger partial charge in [-0.1, -0.05) is 42.5 Å². The summed E-state index contributed by atoms with van der Waals surface area (Å²) in [5.74, 6) is -1.82. The summed E-state index contributed by atoms with van der Waals surface area (Å²) in [6, 6.07) is 20.2. The van der Waals surface area contributed by atoms with Gasteiger partial charge in [-0.05, 0) is 74.3 Å². The van der Waals surface area contributed by atoms with Crippen LogP contribution < -0.4 is 0 Å². The summed E-state index contributed by atoms with van der Waals surface area (Å²) < 4.78 is 35.1. The number of Topliss-reactive ketones (excluding diaryl/α,β-unsaturated/α-hetero) is 1. The maximum absolute atomic E-state index is 15.4. The van der Waals surface area contributed by atoms with Crippen LogP contribution in [0.15, 0.2) is 60.7 Å². The van der Waals surface area contributed by atoms with Gasteiger partial charge in [-0.3, -0.25) is 9.69 Å². The molecule has 0 aromatic heterocycles. The van der Waals surface area contributed by atoms with Crippen molar-refractivity contribution in [1.82, 2.24) is 9.80 Å². The first-order chi connectivity index (χ1) is 18.9. The van der Waals surface area contributed by atoms with E-state index in [0.717, 1.165) is 62.5 Å². The zero-order valence-electron chi connectivity index (χ0n) is 22.8. The first-order valence-electron chi connectivity index (χ1n) is 14.0. The largest absolute Gasteiger partial charge is 0.379 e. The molecule has 0 unspecified atom stereocenters. The van der Waals surface area contributed by atoms with Crippen molar-refractivity contribution in [2.24, 2.45) is 5.92 Å². The van der Waals surface area contributed by atoms with Crippen molar-refractivity contribution in [1.29, 1.82) is 0 Å². The average Bonchev–Trinajstić information content (AvgIpc) is 2.95. The third-order valence-electron chi connectivity index (χ3n) is 8.49. The Morgan fingerprint density at radius 2 is 1.74 bits per heavy atom. The Balaban J connectivity index is 1.52. The summed E-state index contributed by atoms with van der Waals surface area (Å²) in [5, 5.41) is 0. The van der Waals surface area contributed by atoms with Gasteiger partial charge in [0.15, 0.2) is 5.78 Å². The topological polar surface area (TPSA) is 32.8 Å². The average molecular weight is 532 g/mol. The van der Waals surface area contributed by atoms with Gasteiger partial charge in [0.1, 0.15) is 11.6 Å². The van der Waals surface area contributed by atoms with Crippen LogP contribution in [0.2, 0.25) is 0 Å². The van der Waals surface area contributed by atoms with E-state index in [-0.39, 0.29) is 23.4 Å². The molecule has 3 atom stereocenters. The van der Waals surface area contributed by atoms with Crippen LogP contribution in [-0.2, 0) is 4.74 Å². The lowest BCUT2D eigenvalue weighted by Gasteiger charge is -2.44. The number of benzene rings is 3. The number of hydrogen-bond donors (Lipinski definition) is 0. The lowest BCUT2D eigenvalue weighted by atomic mass is 9.67. The third-order valence-corrected chi connectivity index (χ3v) is 8.49. The second-order valence-electron chi connectivity index (χ2n) is 10.9. The van der Waals surface area contributed by atoms with Gasteiger partial charge >= 0.3 is 0 Å². The molecule has 2 aliphatic heterocycles. The highest BCUT2D eigenvalue weighted by Gasteiger charge is 2.43. The highest BCUT2D eigenvalue weighted by molar-refractivity contribution is 5.98. The molecule has 3 aromatic carbocycles. The van der Waals surface area contributed by atoms with Gasteiger partial charge in [0, 0.05) is 55.1 Å². The fraction of sp³-hybridized carbons (Fsp3) is 0.424. The number of ether oxygens (including phenoxy) is 1. The molecule has 0 saturated carbocycles. The molecular weight excluding hydrogens is 494 g/mol. The molecule has 2 aliphatic rings. The van der Waals surface area contributed by atoms with Gasteiger partial charge in [0.05, 0.1) is 13.2 Å². The van der Waals surface area contributed by atoms with Crippen LogP contribution in [-0.4, -0.2) is 68.1 Å². The van der Waals surface area contributed by atoms with E-state index in [4.69, 9.17) is 4.74 Å². The Morgan fingerprint density at radius 1 is 0.974 bits per heavy atom. The number of carbonyl (C=O) groups is 1. The van der Waals surface area contributed by atoms with Crippen molar-refractivity contribution in [2.45, 2.75) is 32.1 Å². The second-order valence-corrected chi connectivity index (χ2v) is 10.9. The van der Waals surface area contributed by atoms with Crippen molar-refractivity contribution in [3.05, 3.63) is 106 Å². The van der Waals surface area contributed by atoms with Crippen molar-refractivity contribution in [2.75, 3.05) is 52.5 Å². The molecular formula is C33H37F2N2O2. The predicted octanol–water partition coefficient (Wildman–Crippen LogP) is 5.79. The highest BCUT2D eigenvalue weighted by atomic mass is 19.1. The molecule has 1 radical (unpaired) electrons. The fourth-order valence-electron chi connectivity index (χ4n) is 6.32. The number of carbonyl (C=O) groups excluding carboxylic acids is 1. The summed E-state index contributed by atoms with van der Waals surface area (Å²) in [4.78, 5) is 18.8. The molecule has 4 nitrogen and oxygen atoms in total. The van der Waals surface area contributed by atoms with E-state index in [1.807, 2.05) is 6.07 Å². The van der Waals surface area contributed by atoms with E-state index < -0.39 is 11.7 Å². The van der Waals surface area contributed by atoms with Gasteiger partial charge in [-0.25, -0.2) is 8.78 Å². The molecule has 0 spiro atoms. The molecule has 2 saturated heterocycles. The van der Waals surface area contributed by atoms with Gasteiger partial charge in [-0.15, -0.1) is 0 Å². The van der Waals surface area contributed by atoms with Crippen LogP contribution in [0, 0.1) is 37.5 Å². The SMILES string of the molecule is Cc1cccc([C@@H]2[C@@H](C(=O)c3cccc(F)c3)CN(CCCN3CCOCC3)C[C@@H]2c2[c]cccc2F)c1C. The van der Waals surface area contributed by atoms with Crippen molar-refractivity contribution < 1.29 is 18.3 Å². The molecule has 2 fully saturated rings. The van der Waals surface area contributed by atoms with Gasteiger partial charge in [0.2, 0.25) is 0 Å². The Bertz CT molecular complexity index is 1290. The van der Waals surface area contributed by atoms with E-state index in [9.17, 15) is 9.18 Å². The van der Waals surface area contributed by atoms with Gasteiger partial charge in [0.25, 0.3) is 0 Å². The van der Waals surface area contributed by atoms with Crippen molar-refractivity contribution in [3.8, 4) is 0 Å². The first-order valence-corrected chi connectivity index (χ1v) is 14.0. The normalized spacial score (nSPS) is 22.6. The van der Waals surface area contributed by atoms with Crippen LogP contribution in [0.3, 0.4) is 0 Å². The van der Waals surface area contributed by atoms with Gasteiger partial charge in [-0.2, -0.15) is 0 Å². The summed E-state index contributed by atoms with van der Waals surface area (Å²) >= 11 is 0. The number of halogens is 2. The van der Waals surface area contributed by atoms with E-state index in [1.54, 1.807) is 24.3 Å². The maximum Gasteiger partial charge on any atom is 0.167 e. The second kappa shape index (κ2) is 12.5. The molecule has 0 aliphatic carbocycles. The molecule has 2 heterocycles. The molecule has 39 heavy (non-hydrogen) atoms. The summed E-state index contributed by atoms with van der Waals surface area (Å²) in [7, 11) is 0. The Labute approximate surface area is 230 Å². The quantitative estimate of drug-likeness (QED) is 0.345. The molecule has 0 N–H and O–H groups in total. The molecule has 0 bridgehead atoms. The smallest absolute Gasteiger partial charge is 0.167 e. The van der Waals surface area contributed by atoms with Crippen molar-refractivity contribution >= 4 is 5.78 Å². The standard InChI is InChI=1S/C33H37F2N2O2/c1-23-8-5-12-27(24(23)2)32-29(28-11-3-4-13-31(28)35)21-37(15-7-14-36-16-18-39-19-17-36)22-30(32)33(38)25-9-6-10-26(34)20-25/h3-6,8-10,12-13,20,29-30,32H,7,14-19,21-22H2,1-2H3/t29-,30+,32+/m1/s1. The summed E-state index contributed by atoms with van der Waals surface area (Å²) in [6.07, 6.45) is 0.947. The number of hydrogen-bond acceptors (Lipinski definition) is 4. The van der Waals surface area contributed by atoms with E-state index >= 15 is 4.39 Å². The lowest BCUT2D eigenvalue weighted by Crippen LogP contribution is -2.48. The zero-order chi connectivity index (χ0) is 27.4. The number of morpholine rings is 1. The number of aryl methyl sites for hydroxylation is 1. The van der Waals surface area contributed by atoms with E-state index in [0.29, 0.717) is 24.2 Å². The van der Waals surface area contributed by atoms with Gasteiger partial charge < -0.3 is 9.64 Å². The Morgan fingerprint density at radius 3 is 2.51 bits per heavy atom. The van der Waals surface area contributed by atoms with Crippen molar-refractivity contribution in [3.63, 3.8) is 0 Å². The number of rotatable bonds is 8. The highest BCUT2D eigenvalue weighted by Crippen LogP contribution is 2.46. The number of piperidine rings is 1. The van der Waals surface area contributed by atoms with E-state index in [2.05, 4.69) is 41.8 Å². The lowest BCUT2D eigenvalue weighted by molar-refractivity contribution is 0.0345. The maximum atomic E-state index is 15.4. The summed E-state index contributed by atoms with van der Waals surface area (Å²) in [6.45, 7) is 10.5. The first kappa shape index (κ1) is 27.6. The molecule has 6 heteroatoms. The Hall–Kier alpha value is -2.93. The van der Waals surface area contributed by atoms with Crippen LogP contribution >= 0.6 is 0 Å². The number of likely N-dealkylation sites (tertiary alicyclic amines) is 1. The van der Waals surface area contributed by atoms with Crippen LogP contribution in [0.5, 0.6) is 0 Å². The van der Waals surface area contributed by atoms with Crippen LogP contribution in [0.1, 0.15) is 50.9 Å². The fourth-order valence-corrected chi connectivity index (χ4v) is 6.32. The molecule has 205 valence electrons. The van der Waals surface area contributed by atoms with Crippen LogP contribution in [0.25, 0.3) is 0 Å². The summed E-state index contributed by atoms with van der Waals surface area (Å²) in [5.41, 5.74) is 4.18. The zero-order valence-corrected chi connectivity index (χ0v) is 22.8. The monoisotopic (exact) mass is 531 g/mol. The number of ketones is 1. The predicted molar refractivity (Wildman–Crippen MR) is 149 cm³/mol. The minimum atomic E-state index is -0.456. The minimum absolute atomic E-state index is 0.0976. The molecule has 0 amide bonds. The van der Waals surface area contributed by atoms with E-state index in [1.165, 1.54) is 18.2 Å². The van der Waals surface area contributed by atoms with Crippen LogP contribution in [0.4, 0.5) is 8.78 Å². The molecule has 5 rings (SSSR count). The third kappa shape index (κ3) is 6.29. The number of nitrogens with zero attached hydrogens (tertiary/aromatic N) is 2. The molecule has 3 aromatic rings.